The van der Waals surface area contributed by atoms with Crippen LogP contribution in [0.5, 0.6) is 0 Å². The van der Waals surface area contributed by atoms with Crippen molar-refractivity contribution in [2.75, 3.05) is 11.9 Å². The molecule has 2 atom stereocenters. The maximum Gasteiger partial charge on any atom is 0.231 e. The zero-order valence-electron chi connectivity index (χ0n) is 9.47. The van der Waals surface area contributed by atoms with Crippen LogP contribution in [0.4, 0.5) is 5.69 Å². The van der Waals surface area contributed by atoms with Gasteiger partial charge in [-0.3, -0.25) is 4.79 Å². The molecule has 0 fully saturated rings. The van der Waals surface area contributed by atoms with Gasteiger partial charge in [-0.05, 0) is 24.1 Å². The molecular weight excluding hydrogens is 204 g/mol. The van der Waals surface area contributed by atoms with Gasteiger partial charge in [0.25, 0.3) is 0 Å². The third-order valence-corrected chi connectivity index (χ3v) is 3.02. The van der Waals surface area contributed by atoms with E-state index in [1.807, 2.05) is 18.2 Å². The van der Waals surface area contributed by atoms with Gasteiger partial charge in [-0.15, -0.1) is 0 Å². The number of nitrogens with two attached hydrogens (primary N) is 1. The first-order valence-corrected chi connectivity index (χ1v) is 5.33. The molecule has 3 N–H and O–H groups in total. The van der Waals surface area contributed by atoms with Crippen LogP contribution in [0.1, 0.15) is 24.2 Å². The summed E-state index contributed by atoms with van der Waals surface area (Å²) in [7, 11) is 1.76. The molecule has 2 rings (SSSR count). The molecule has 16 heavy (non-hydrogen) atoms. The Morgan fingerprint density at radius 3 is 2.81 bits per heavy atom. The van der Waals surface area contributed by atoms with Crippen LogP contribution in [-0.2, 0) is 11.2 Å². The second-order valence-corrected chi connectivity index (χ2v) is 4.32. The van der Waals surface area contributed by atoms with Crippen LogP contribution < -0.4 is 10.6 Å². The van der Waals surface area contributed by atoms with Crippen molar-refractivity contribution in [1.82, 2.24) is 0 Å². The lowest BCUT2D eigenvalue weighted by Gasteiger charge is -2.16. The van der Waals surface area contributed by atoms with Crippen LogP contribution in [0, 0.1) is 0 Å². The summed E-state index contributed by atoms with van der Waals surface area (Å²) in [6.07, 6.45) is -0.267. The number of carbonyl (C=O) groups is 1. The Hall–Kier alpha value is -1.39. The molecule has 1 heterocycles. The summed E-state index contributed by atoms with van der Waals surface area (Å²) in [5.41, 5.74) is 8.30. The highest BCUT2D eigenvalue weighted by Gasteiger charge is 2.25. The fraction of sp³-hybridized carbons (Fsp3) is 0.417. The number of hydrogen-bond acceptors (Lipinski definition) is 3. The number of amides is 1. The molecule has 0 spiro atoms. The maximum atomic E-state index is 11.5. The lowest BCUT2D eigenvalue weighted by atomic mass is 10.0. The predicted molar refractivity (Wildman–Crippen MR) is 62.2 cm³/mol. The summed E-state index contributed by atoms with van der Waals surface area (Å²) in [5, 5.41) is 9.84. The van der Waals surface area contributed by atoms with Crippen LogP contribution in [-0.4, -0.2) is 24.1 Å². The molecule has 1 aliphatic rings. The molecule has 0 radical (unpaired) electrons. The highest BCUT2D eigenvalue weighted by molar-refractivity contribution is 6.00. The van der Waals surface area contributed by atoms with Crippen molar-refractivity contribution in [3.05, 3.63) is 29.3 Å². The van der Waals surface area contributed by atoms with Crippen molar-refractivity contribution in [2.45, 2.75) is 25.5 Å². The molecule has 0 saturated heterocycles. The summed E-state index contributed by atoms with van der Waals surface area (Å²) in [6.45, 7) is 1.76. The molecule has 0 aromatic heterocycles. The second-order valence-electron chi connectivity index (χ2n) is 4.32. The predicted octanol–water partition coefficient (Wildman–Crippen LogP) is 0.586. The highest BCUT2D eigenvalue weighted by atomic mass is 16.3. The molecule has 1 aromatic carbocycles. The van der Waals surface area contributed by atoms with E-state index in [0.717, 1.165) is 16.8 Å². The van der Waals surface area contributed by atoms with E-state index >= 15 is 0 Å². The van der Waals surface area contributed by atoms with Crippen molar-refractivity contribution in [3.8, 4) is 0 Å². The molecule has 0 aliphatic carbocycles. The molecule has 1 aliphatic heterocycles. The van der Waals surface area contributed by atoms with Gasteiger partial charge in [-0.2, -0.15) is 0 Å². The molecule has 1 aromatic rings. The number of benzene rings is 1. The average molecular weight is 220 g/mol. The Morgan fingerprint density at radius 1 is 1.50 bits per heavy atom. The van der Waals surface area contributed by atoms with Gasteiger partial charge in [0.05, 0.1) is 12.5 Å². The van der Waals surface area contributed by atoms with Crippen molar-refractivity contribution >= 4 is 11.6 Å². The van der Waals surface area contributed by atoms with Crippen molar-refractivity contribution in [2.24, 2.45) is 5.73 Å². The molecule has 4 heteroatoms. The van der Waals surface area contributed by atoms with E-state index in [9.17, 15) is 9.90 Å². The van der Waals surface area contributed by atoms with E-state index < -0.39 is 6.10 Å². The lowest BCUT2D eigenvalue weighted by Crippen LogP contribution is -2.24. The van der Waals surface area contributed by atoms with Crippen LogP contribution in [0.15, 0.2) is 18.2 Å². The Balaban J connectivity index is 2.35. The van der Waals surface area contributed by atoms with Gasteiger partial charge in [0.2, 0.25) is 5.91 Å². The molecular formula is C12H16N2O2. The van der Waals surface area contributed by atoms with Gasteiger partial charge >= 0.3 is 0 Å². The smallest absolute Gasteiger partial charge is 0.231 e. The Morgan fingerprint density at radius 2 is 2.19 bits per heavy atom. The number of likely N-dealkylation sites (N-methyl/N-ethyl adjacent to an activating group) is 1. The van der Waals surface area contributed by atoms with Crippen molar-refractivity contribution in [3.63, 3.8) is 0 Å². The standard InChI is InChI=1S/C12H16N2O2/c1-7(13)12(16)8-3-4-10-9(5-8)6-11(15)14(10)2/h3-5,7,12,16H,6,13H2,1-2H3. The molecule has 1 amide bonds. The summed E-state index contributed by atoms with van der Waals surface area (Å²) < 4.78 is 0. The molecule has 4 nitrogen and oxygen atoms in total. The number of aliphatic hydroxyl groups excluding tert-OH is 1. The van der Waals surface area contributed by atoms with Crippen LogP contribution >= 0.6 is 0 Å². The fourth-order valence-corrected chi connectivity index (χ4v) is 1.98. The number of anilines is 1. The van der Waals surface area contributed by atoms with Crippen molar-refractivity contribution in [1.29, 1.82) is 0 Å². The Bertz CT molecular complexity index is 429. The monoisotopic (exact) mass is 220 g/mol. The minimum absolute atomic E-state index is 0.0856. The Kier molecular flexibility index (Phi) is 2.69. The first-order valence-electron chi connectivity index (χ1n) is 5.33. The fourth-order valence-electron chi connectivity index (χ4n) is 1.98. The van der Waals surface area contributed by atoms with E-state index in [1.54, 1.807) is 18.9 Å². The van der Waals surface area contributed by atoms with Gasteiger partial charge in [0, 0.05) is 18.8 Å². The Labute approximate surface area is 94.7 Å². The zero-order valence-corrected chi connectivity index (χ0v) is 9.47. The van der Waals surface area contributed by atoms with E-state index in [2.05, 4.69) is 0 Å². The van der Waals surface area contributed by atoms with Crippen LogP contribution in [0.25, 0.3) is 0 Å². The van der Waals surface area contributed by atoms with Crippen molar-refractivity contribution < 1.29 is 9.90 Å². The number of carbonyl (C=O) groups excluding carboxylic acids is 1. The molecule has 0 saturated carbocycles. The third-order valence-electron chi connectivity index (χ3n) is 3.02. The molecule has 86 valence electrons. The SMILES string of the molecule is CC(N)C(O)c1ccc2c(c1)CC(=O)N2C. The number of aliphatic hydroxyl groups is 1. The first-order chi connectivity index (χ1) is 7.50. The highest BCUT2D eigenvalue weighted by Crippen LogP contribution is 2.30. The average Bonchev–Trinajstić information content (AvgIpc) is 2.53. The van der Waals surface area contributed by atoms with Gasteiger partial charge in [0.1, 0.15) is 0 Å². The zero-order chi connectivity index (χ0) is 11.9. The van der Waals surface area contributed by atoms with Gasteiger partial charge in [0.15, 0.2) is 0 Å². The number of rotatable bonds is 2. The molecule has 0 bridgehead atoms. The van der Waals surface area contributed by atoms with Gasteiger partial charge < -0.3 is 15.7 Å². The minimum Gasteiger partial charge on any atom is -0.387 e. The summed E-state index contributed by atoms with van der Waals surface area (Å²) >= 11 is 0. The normalized spacial score (nSPS) is 18.5. The van der Waals surface area contributed by atoms with Gasteiger partial charge in [-0.25, -0.2) is 0 Å². The van der Waals surface area contributed by atoms with Crippen LogP contribution in [0.3, 0.4) is 0 Å². The van der Waals surface area contributed by atoms with E-state index in [1.165, 1.54) is 0 Å². The van der Waals surface area contributed by atoms with E-state index in [-0.39, 0.29) is 11.9 Å². The lowest BCUT2D eigenvalue weighted by molar-refractivity contribution is -0.117. The number of hydrogen-bond donors (Lipinski definition) is 2. The summed E-state index contributed by atoms with van der Waals surface area (Å²) in [5.74, 6) is 0.0856. The minimum atomic E-state index is -0.675. The van der Waals surface area contributed by atoms with Gasteiger partial charge in [-0.1, -0.05) is 12.1 Å². The summed E-state index contributed by atoms with van der Waals surface area (Å²) in [6, 6.07) is 5.24. The quantitative estimate of drug-likeness (QED) is 0.766. The number of nitrogens with zero attached hydrogens (tertiary/aromatic N) is 1. The third kappa shape index (κ3) is 1.70. The summed E-state index contributed by atoms with van der Waals surface area (Å²) in [4.78, 5) is 13.1. The van der Waals surface area contributed by atoms with Crippen LogP contribution in [0.2, 0.25) is 0 Å². The number of fused-ring (bicyclic) bond motifs is 1. The first kappa shape index (κ1) is 11.1. The van der Waals surface area contributed by atoms with E-state index in [0.29, 0.717) is 6.42 Å². The topological polar surface area (TPSA) is 66.6 Å². The van der Waals surface area contributed by atoms with E-state index in [4.69, 9.17) is 5.73 Å². The largest absolute Gasteiger partial charge is 0.387 e. The maximum absolute atomic E-state index is 11.5. The molecule has 2 unspecified atom stereocenters. The second kappa shape index (κ2) is 3.88.